The van der Waals surface area contributed by atoms with Gasteiger partial charge in [-0.1, -0.05) is 0 Å². The number of amides is 1. The predicted octanol–water partition coefficient (Wildman–Crippen LogP) is 2.71. The Kier molecular flexibility index (Phi) is 4.67. The predicted molar refractivity (Wildman–Crippen MR) is 71.6 cm³/mol. The molecule has 0 saturated heterocycles. The topological polar surface area (TPSA) is 63.2 Å². The van der Waals surface area contributed by atoms with Gasteiger partial charge >= 0.3 is 6.09 Å². The number of aromatic nitrogens is 1. The largest absolute Gasteiger partial charge is 0.444 e. The molecule has 2 N–H and O–H groups in total. The number of pyridine rings is 1. The fraction of sp³-hybridized carbons (Fsp3) is 0.538. The lowest BCUT2D eigenvalue weighted by Gasteiger charge is -2.21. The van der Waals surface area contributed by atoms with Gasteiger partial charge in [0.2, 0.25) is 0 Å². The highest BCUT2D eigenvalue weighted by Crippen LogP contribution is 2.20. The molecular formula is C13H21N3O2. The molecule has 0 radical (unpaired) electrons. The van der Waals surface area contributed by atoms with Crippen LogP contribution in [0, 0.1) is 0 Å². The Morgan fingerprint density at radius 2 is 2.11 bits per heavy atom. The van der Waals surface area contributed by atoms with Gasteiger partial charge in [-0.2, -0.15) is 0 Å². The zero-order valence-corrected chi connectivity index (χ0v) is 11.6. The van der Waals surface area contributed by atoms with Crippen molar-refractivity contribution in [2.75, 3.05) is 12.4 Å². The Bertz CT molecular complexity index is 413. The summed E-state index contributed by atoms with van der Waals surface area (Å²) in [6, 6.07) is 3.63. The van der Waals surface area contributed by atoms with E-state index in [2.05, 4.69) is 15.6 Å². The number of nitrogens with one attached hydrogen (secondary N) is 2. The van der Waals surface area contributed by atoms with Crippen molar-refractivity contribution >= 4 is 11.8 Å². The number of carbonyl (C=O) groups excluding carboxylic acids is 1. The van der Waals surface area contributed by atoms with Gasteiger partial charge in [-0.15, -0.1) is 0 Å². The van der Waals surface area contributed by atoms with E-state index in [-0.39, 0.29) is 6.04 Å². The smallest absolute Gasteiger partial charge is 0.412 e. The maximum absolute atomic E-state index is 11.7. The van der Waals surface area contributed by atoms with Crippen LogP contribution in [-0.2, 0) is 4.74 Å². The van der Waals surface area contributed by atoms with Crippen LogP contribution in [-0.4, -0.2) is 23.7 Å². The summed E-state index contributed by atoms with van der Waals surface area (Å²) < 4.78 is 5.21. The minimum absolute atomic E-state index is 0.0520. The van der Waals surface area contributed by atoms with Crippen LogP contribution in [0.3, 0.4) is 0 Å². The molecule has 1 atom stereocenters. The van der Waals surface area contributed by atoms with Crippen molar-refractivity contribution < 1.29 is 9.53 Å². The van der Waals surface area contributed by atoms with Gasteiger partial charge in [-0.3, -0.25) is 10.3 Å². The standard InChI is InChI=1S/C13H21N3O2/c1-9(14-5)11-10(7-6-8-15-11)16-12(17)18-13(2,3)4/h6-9,14H,1-5H3,(H,16,17)/t9-/m1/s1. The van der Waals surface area contributed by atoms with Gasteiger partial charge in [-0.25, -0.2) is 4.79 Å². The molecule has 1 amide bonds. The zero-order valence-electron chi connectivity index (χ0n) is 11.6. The summed E-state index contributed by atoms with van der Waals surface area (Å²) in [5, 5.41) is 5.81. The SMILES string of the molecule is CN[C@H](C)c1ncccc1NC(=O)OC(C)(C)C. The summed E-state index contributed by atoms with van der Waals surface area (Å²) in [6.45, 7) is 7.45. The molecule has 0 aliphatic heterocycles. The molecule has 0 aromatic carbocycles. The average molecular weight is 251 g/mol. The maximum atomic E-state index is 11.7. The maximum Gasteiger partial charge on any atom is 0.412 e. The Morgan fingerprint density at radius 1 is 1.44 bits per heavy atom. The first-order valence-electron chi connectivity index (χ1n) is 5.95. The Balaban J connectivity index is 2.81. The van der Waals surface area contributed by atoms with Crippen molar-refractivity contribution in [2.45, 2.75) is 39.3 Å². The van der Waals surface area contributed by atoms with Crippen molar-refractivity contribution in [3.8, 4) is 0 Å². The second kappa shape index (κ2) is 5.82. The van der Waals surface area contributed by atoms with Gasteiger partial charge in [0.1, 0.15) is 5.60 Å². The fourth-order valence-corrected chi connectivity index (χ4v) is 1.42. The number of nitrogens with zero attached hydrogens (tertiary/aromatic N) is 1. The van der Waals surface area contributed by atoms with Crippen molar-refractivity contribution in [3.63, 3.8) is 0 Å². The van der Waals surface area contributed by atoms with E-state index in [0.717, 1.165) is 5.69 Å². The molecule has 1 rings (SSSR count). The molecule has 0 fully saturated rings. The van der Waals surface area contributed by atoms with E-state index in [0.29, 0.717) is 5.69 Å². The molecule has 0 bridgehead atoms. The van der Waals surface area contributed by atoms with Crippen LogP contribution in [0.15, 0.2) is 18.3 Å². The monoisotopic (exact) mass is 251 g/mol. The molecule has 1 heterocycles. The molecule has 5 heteroatoms. The van der Waals surface area contributed by atoms with E-state index < -0.39 is 11.7 Å². The molecule has 1 aromatic rings. The lowest BCUT2D eigenvalue weighted by atomic mass is 10.2. The molecule has 0 aliphatic carbocycles. The van der Waals surface area contributed by atoms with E-state index in [1.807, 2.05) is 34.7 Å². The lowest BCUT2D eigenvalue weighted by molar-refractivity contribution is 0.0635. The summed E-state index contributed by atoms with van der Waals surface area (Å²) >= 11 is 0. The summed E-state index contributed by atoms with van der Waals surface area (Å²) in [4.78, 5) is 16.0. The number of carbonyl (C=O) groups is 1. The van der Waals surface area contributed by atoms with E-state index in [1.54, 1.807) is 18.3 Å². The highest BCUT2D eigenvalue weighted by Gasteiger charge is 2.18. The molecule has 0 saturated carbocycles. The van der Waals surface area contributed by atoms with Gasteiger partial charge in [-0.05, 0) is 46.9 Å². The normalized spacial score (nSPS) is 12.9. The van der Waals surface area contributed by atoms with Crippen molar-refractivity contribution in [1.29, 1.82) is 0 Å². The molecule has 100 valence electrons. The second-order valence-electron chi connectivity index (χ2n) is 5.07. The minimum atomic E-state index is -0.513. The summed E-state index contributed by atoms with van der Waals surface area (Å²) in [7, 11) is 1.84. The third kappa shape index (κ3) is 4.33. The van der Waals surface area contributed by atoms with Gasteiger partial charge < -0.3 is 10.1 Å². The highest BCUT2D eigenvalue weighted by molar-refractivity contribution is 5.85. The Labute approximate surface area is 108 Å². The molecule has 0 spiro atoms. The number of rotatable bonds is 3. The fourth-order valence-electron chi connectivity index (χ4n) is 1.42. The lowest BCUT2D eigenvalue weighted by Crippen LogP contribution is -2.28. The van der Waals surface area contributed by atoms with Crippen LogP contribution < -0.4 is 10.6 Å². The van der Waals surface area contributed by atoms with Crippen LogP contribution in [0.5, 0.6) is 0 Å². The van der Waals surface area contributed by atoms with Gasteiger partial charge in [0.05, 0.1) is 11.4 Å². The van der Waals surface area contributed by atoms with Gasteiger partial charge in [0.15, 0.2) is 0 Å². The van der Waals surface area contributed by atoms with Gasteiger partial charge in [0.25, 0.3) is 0 Å². The Morgan fingerprint density at radius 3 is 2.67 bits per heavy atom. The minimum Gasteiger partial charge on any atom is -0.444 e. The third-order valence-corrected chi connectivity index (χ3v) is 2.32. The molecular weight excluding hydrogens is 230 g/mol. The number of hydrogen-bond donors (Lipinski definition) is 2. The third-order valence-electron chi connectivity index (χ3n) is 2.32. The summed E-state index contributed by atoms with van der Waals surface area (Å²) in [6.07, 6.45) is 1.23. The van der Waals surface area contributed by atoms with Gasteiger partial charge in [0, 0.05) is 12.2 Å². The van der Waals surface area contributed by atoms with Crippen molar-refractivity contribution in [1.82, 2.24) is 10.3 Å². The first kappa shape index (κ1) is 14.4. The zero-order chi connectivity index (χ0) is 13.8. The first-order chi connectivity index (χ1) is 8.33. The number of anilines is 1. The van der Waals surface area contributed by atoms with E-state index in [9.17, 15) is 4.79 Å². The van der Waals surface area contributed by atoms with Crippen LogP contribution >= 0.6 is 0 Å². The number of hydrogen-bond acceptors (Lipinski definition) is 4. The van der Waals surface area contributed by atoms with Crippen molar-refractivity contribution in [3.05, 3.63) is 24.0 Å². The van der Waals surface area contributed by atoms with E-state index >= 15 is 0 Å². The summed E-state index contributed by atoms with van der Waals surface area (Å²) in [5.74, 6) is 0. The molecule has 1 aromatic heterocycles. The number of ether oxygens (including phenoxy) is 1. The van der Waals surface area contributed by atoms with Crippen LogP contribution in [0.2, 0.25) is 0 Å². The first-order valence-corrected chi connectivity index (χ1v) is 5.95. The molecule has 0 unspecified atom stereocenters. The van der Waals surface area contributed by atoms with E-state index in [4.69, 9.17) is 4.74 Å². The van der Waals surface area contributed by atoms with Crippen molar-refractivity contribution in [2.24, 2.45) is 0 Å². The Hall–Kier alpha value is -1.62. The average Bonchev–Trinajstić information content (AvgIpc) is 2.26. The van der Waals surface area contributed by atoms with Crippen LogP contribution in [0.4, 0.5) is 10.5 Å². The molecule has 0 aliphatic rings. The van der Waals surface area contributed by atoms with Crippen LogP contribution in [0.25, 0.3) is 0 Å². The quantitative estimate of drug-likeness (QED) is 0.867. The molecule has 5 nitrogen and oxygen atoms in total. The second-order valence-corrected chi connectivity index (χ2v) is 5.07. The highest BCUT2D eigenvalue weighted by atomic mass is 16.6. The molecule has 18 heavy (non-hydrogen) atoms. The summed E-state index contributed by atoms with van der Waals surface area (Å²) in [5.41, 5.74) is 0.931. The van der Waals surface area contributed by atoms with E-state index in [1.165, 1.54) is 0 Å². The van der Waals surface area contributed by atoms with Crippen LogP contribution in [0.1, 0.15) is 39.4 Å².